The van der Waals surface area contributed by atoms with Crippen molar-refractivity contribution in [1.29, 1.82) is 0 Å². The van der Waals surface area contributed by atoms with Crippen LogP contribution in [-0.2, 0) is 16.0 Å². The first-order chi connectivity index (χ1) is 23.5. The van der Waals surface area contributed by atoms with E-state index >= 15 is 0 Å². The van der Waals surface area contributed by atoms with Gasteiger partial charge < -0.3 is 50.3 Å². The lowest BCUT2D eigenvalue weighted by Gasteiger charge is -2.53. The van der Waals surface area contributed by atoms with Crippen molar-refractivity contribution in [3.05, 3.63) is 77.4 Å². The summed E-state index contributed by atoms with van der Waals surface area (Å²) >= 11 is 0. The van der Waals surface area contributed by atoms with Gasteiger partial charge in [-0.15, -0.1) is 0 Å². The van der Waals surface area contributed by atoms with Crippen molar-refractivity contribution in [1.82, 2.24) is 0 Å². The molecule has 3 aromatic rings. The van der Waals surface area contributed by atoms with Crippen LogP contribution in [0, 0.1) is 18.8 Å². The number of aromatic hydroxyl groups is 1. The topological polar surface area (TPSA) is 189 Å². The molecule has 49 heavy (non-hydrogen) atoms. The summed E-state index contributed by atoms with van der Waals surface area (Å²) in [6.07, 6.45) is -4.35. The number of rotatable bonds is 5. The number of carbonyl (C=O) groups is 2. The Morgan fingerprint density at radius 2 is 1.86 bits per heavy atom. The lowest BCUT2D eigenvalue weighted by Crippen LogP contribution is -2.69. The molecule has 3 aromatic carbocycles. The lowest BCUT2D eigenvalue weighted by atomic mass is 9.63. The molecule has 262 valence electrons. The Morgan fingerprint density at radius 3 is 2.57 bits per heavy atom. The maximum Gasteiger partial charge on any atom is 0.229 e. The number of phenolic OH excluding ortho intramolecular Hbond substituents is 1. The monoisotopic (exact) mass is 711 g/mol. The number of ether oxygens (including phenoxy) is 3. The van der Waals surface area contributed by atoms with Crippen molar-refractivity contribution in [3.8, 4) is 17.2 Å². The Morgan fingerprint density at radius 1 is 1.10 bits per heavy atom. The smallest absolute Gasteiger partial charge is 0.229 e. The van der Waals surface area contributed by atoms with E-state index in [0.29, 0.717) is 28.9 Å². The van der Waals surface area contributed by atoms with E-state index in [0.717, 1.165) is 11.8 Å². The fraction of sp³-hybridized carbons (Fsp3) is 0.444. The number of phenols is 1. The number of carbonyl (C=O) groups excluding carboxylic acids is 2. The maximum absolute atomic E-state index is 13.7. The molecular weight excluding hydrogens is 671 g/mol. The summed E-state index contributed by atoms with van der Waals surface area (Å²) < 4.78 is 17.9. The zero-order valence-electron chi connectivity index (χ0n) is 27.0. The first-order valence-corrected chi connectivity index (χ1v) is 18.5. The molecular formula is C36H41NO10S2. The summed E-state index contributed by atoms with van der Waals surface area (Å²) in [6, 6.07) is 13.8. The van der Waals surface area contributed by atoms with Crippen LogP contribution >= 0.6 is 21.6 Å². The van der Waals surface area contributed by atoms with E-state index in [1.807, 2.05) is 30.3 Å². The van der Waals surface area contributed by atoms with Crippen LogP contribution in [0.3, 0.4) is 0 Å². The first kappa shape index (κ1) is 35.7. The third-order valence-electron chi connectivity index (χ3n) is 9.86. The number of hydrogen-bond donors (Lipinski definition) is 6. The number of aliphatic hydroxyl groups is 4. The van der Waals surface area contributed by atoms with Crippen LogP contribution in [0.15, 0.2) is 60.7 Å². The highest BCUT2D eigenvalue weighted by molar-refractivity contribution is 8.76. The molecule has 0 saturated carbocycles. The number of methoxy groups -OCH3 is 1. The second-order valence-electron chi connectivity index (χ2n) is 12.9. The van der Waals surface area contributed by atoms with Crippen LogP contribution in [0.25, 0.3) is 10.8 Å². The van der Waals surface area contributed by atoms with E-state index in [-0.39, 0.29) is 41.1 Å². The summed E-state index contributed by atoms with van der Waals surface area (Å²) in [7, 11) is 4.29. The number of fused-ring (bicyclic) bond motifs is 5. The van der Waals surface area contributed by atoms with E-state index in [2.05, 4.69) is 0 Å². The Hall–Kier alpha value is -3.14. The van der Waals surface area contributed by atoms with E-state index < -0.39 is 59.4 Å². The van der Waals surface area contributed by atoms with Gasteiger partial charge in [-0.3, -0.25) is 4.79 Å². The summed E-state index contributed by atoms with van der Waals surface area (Å²) in [4.78, 5) is 25.7. The summed E-state index contributed by atoms with van der Waals surface area (Å²) in [5.41, 5.74) is 6.18. The van der Waals surface area contributed by atoms with E-state index in [1.54, 1.807) is 25.1 Å². The molecule has 0 spiro atoms. The summed E-state index contributed by atoms with van der Waals surface area (Å²) in [5, 5.41) is 58.4. The SMILES string of the molecule is COc1cc2c3c(O)c(c(C)cc3c1)C(=O)CCSS[C@H](Cc1ccccc1)[C@@H]1[C@H](CC=O)[C@@H](N)C=C[C@@]1(O)[C@H]1O[C@H](O2)[C@H](O)[C@@H](O)[C@@H]1O. The highest BCUT2D eigenvalue weighted by Gasteiger charge is 2.59. The molecule has 1 aliphatic carbocycles. The van der Waals surface area contributed by atoms with E-state index in [9.17, 15) is 35.1 Å². The molecule has 11 nitrogen and oxygen atoms in total. The number of nitrogens with two attached hydrogens (primary N) is 1. The van der Waals surface area contributed by atoms with Crippen LogP contribution in [0.4, 0.5) is 0 Å². The number of hydrogen-bond acceptors (Lipinski definition) is 13. The predicted octanol–water partition coefficient (Wildman–Crippen LogP) is 3.08. The molecule has 0 unspecified atom stereocenters. The minimum atomic E-state index is -2.02. The van der Waals surface area contributed by atoms with Crippen molar-refractivity contribution in [2.75, 3.05) is 12.9 Å². The standard InChI is InChI=1S/C36H41NO10S2/c1-18-14-20-16-21(45-2)17-25-28(20)30(40)27(18)24(39)10-13-48-49-26(15-19-6-4-3-5-7-19)29-22(9-12-38)23(37)8-11-36(29,44)34-32(42)31(41)33(43)35(46-25)47-34/h3-8,11-12,14,16-17,22-23,26,29,31-35,40-44H,9-10,13,15,37H2,1-2H3/t22-,23+,26-,29+,31+,32+,33-,34+,35+,36+/m1/s1. The fourth-order valence-electron chi connectivity index (χ4n) is 7.45. The molecule has 2 heterocycles. The van der Waals surface area contributed by atoms with Gasteiger partial charge in [-0.2, -0.15) is 0 Å². The lowest BCUT2D eigenvalue weighted by molar-refractivity contribution is -0.306. The normalized spacial score (nSPS) is 33.5. The van der Waals surface area contributed by atoms with Crippen LogP contribution in [0.1, 0.15) is 34.3 Å². The molecule has 10 atom stereocenters. The predicted molar refractivity (Wildman–Crippen MR) is 187 cm³/mol. The fourth-order valence-corrected chi connectivity index (χ4v) is 10.4. The third-order valence-corrected chi connectivity index (χ3v) is 12.7. The zero-order valence-corrected chi connectivity index (χ0v) is 28.7. The van der Waals surface area contributed by atoms with Gasteiger partial charge in [0.2, 0.25) is 6.29 Å². The molecule has 0 amide bonds. The first-order valence-electron chi connectivity index (χ1n) is 16.2. The van der Waals surface area contributed by atoms with Gasteiger partial charge >= 0.3 is 0 Å². The average Bonchev–Trinajstić information content (AvgIpc) is 3.08. The molecule has 13 heteroatoms. The highest BCUT2D eigenvalue weighted by atomic mass is 33.1. The largest absolute Gasteiger partial charge is 0.506 e. The van der Waals surface area contributed by atoms with E-state index in [1.165, 1.54) is 40.8 Å². The van der Waals surface area contributed by atoms with Gasteiger partial charge in [0.25, 0.3) is 0 Å². The Bertz CT molecular complexity index is 1720. The maximum atomic E-state index is 13.7. The molecule has 0 radical (unpaired) electrons. The van der Waals surface area contributed by atoms with Gasteiger partial charge in [-0.25, -0.2) is 0 Å². The van der Waals surface area contributed by atoms with Gasteiger partial charge in [0, 0.05) is 41.9 Å². The molecule has 3 aliphatic rings. The second kappa shape index (κ2) is 14.6. The van der Waals surface area contributed by atoms with Crippen LogP contribution in [-0.4, -0.2) is 98.1 Å². The molecule has 4 bridgehead atoms. The molecule has 6 rings (SSSR count). The minimum Gasteiger partial charge on any atom is -0.506 e. The van der Waals surface area contributed by atoms with Gasteiger partial charge in [-0.05, 0) is 41.8 Å². The van der Waals surface area contributed by atoms with Crippen molar-refractivity contribution in [2.24, 2.45) is 17.6 Å². The number of Topliss-reactive ketones (excluding diaryl/α,β-unsaturated/α-hetero) is 1. The van der Waals surface area contributed by atoms with Crippen LogP contribution < -0.4 is 15.2 Å². The van der Waals surface area contributed by atoms with Crippen molar-refractivity contribution in [3.63, 3.8) is 0 Å². The molecule has 7 N–H and O–H groups in total. The Kier molecular flexibility index (Phi) is 10.6. The van der Waals surface area contributed by atoms with Crippen LogP contribution in [0.5, 0.6) is 17.2 Å². The quantitative estimate of drug-likeness (QED) is 0.129. The Labute approximate surface area is 291 Å². The number of benzene rings is 3. The number of aliphatic hydroxyl groups excluding tert-OH is 3. The Balaban J connectivity index is 1.53. The number of ketones is 1. The van der Waals surface area contributed by atoms with Crippen molar-refractivity contribution in [2.45, 2.75) is 73.8 Å². The number of aryl methyl sites for hydroxylation is 1. The second-order valence-corrected chi connectivity index (χ2v) is 15.6. The van der Waals surface area contributed by atoms with Gasteiger partial charge in [-0.1, -0.05) is 70.1 Å². The molecule has 0 aromatic heterocycles. The van der Waals surface area contributed by atoms with Gasteiger partial charge in [0.05, 0.1) is 18.1 Å². The third kappa shape index (κ3) is 6.71. The minimum absolute atomic E-state index is 0.00357. The zero-order chi connectivity index (χ0) is 35.0. The van der Waals surface area contributed by atoms with Gasteiger partial charge in [0.1, 0.15) is 53.6 Å². The molecule has 2 aliphatic heterocycles. The highest BCUT2D eigenvalue weighted by Crippen LogP contribution is 2.50. The van der Waals surface area contributed by atoms with E-state index in [4.69, 9.17) is 19.9 Å². The molecule has 1 fully saturated rings. The van der Waals surface area contributed by atoms with Gasteiger partial charge in [0.15, 0.2) is 5.78 Å². The molecule has 1 saturated heterocycles. The summed E-state index contributed by atoms with van der Waals surface area (Å²) in [6.45, 7) is 1.73. The van der Waals surface area contributed by atoms with Crippen LogP contribution in [0.2, 0.25) is 0 Å². The number of aldehydes is 1. The van der Waals surface area contributed by atoms with Crippen molar-refractivity contribution < 1.29 is 49.3 Å². The summed E-state index contributed by atoms with van der Waals surface area (Å²) in [5.74, 6) is -1.34. The van der Waals surface area contributed by atoms with Crippen molar-refractivity contribution >= 4 is 44.4 Å². The average molecular weight is 712 g/mol.